The molecular weight excluding hydrogens is 505 g/mol. The molecule has 0 fully saturated rings. The van der Waals surface area contributed by atoms with Gasteiger partial charge in [-0.3, -0.25) is 4.79 Å². The molecule has 4 rings (SSSR count). The fourth-order valence-corrected chi connectivity index (χ4v) is 3.98. The lowest BCUT2D eigenvalue weighted by Gasteiger charge is -2.24. The average Bonchev–Trinajstić information content (AvgIpc) is 2.85. The van der Waals surface area contributed by atoms with E-state index in [9.17, 15) is 18.0 Å². The Hall–Kier alpha value is -3.50. The number of nitrogens with zero attached hydrogens (tertiary/aromatic N) is 2. The Kier molecular flexibility index (Phi) is 8.55. The van der Waals surface area contributed by atoms with Gasteiger partial charge in [0.05, 0.1) is 16.3 Å². The van der Waals surface area contributed by atoms with Crippen molar-refractivity contribution in [2.24, 2.45) is 7.05 Å². The summed E-state index contributed by atoms with van der Waals surface area (Å²) in [6, 6.07) is 24.6. The van der Waals surface area contributed by atoms with Gasteiger partial charge in [-0.05, 0) is 37.6 Å². The van der Waals surface area contributed by atoms with Crippen molar-refractivity contribution in [2.75, 3.05) is 11.4 Å². The van der Waals surface area contributed by atoms with E-state index in [4.69, 9.17) is 13.0 Å². The molecule has 4 aromatic rings. The molecule has 1 amide bonds. The molecule has 0 radical (unpaired) electrons. The van der Waals surface area contributed by atoms with E-state index in [-0.39, 0.29) is 5.91 Å². The summed E-state index contributed by atoms with van der Waals surface area (Å²) in [7, 11) is -4.03. The Bertz CT molecular complexity index is 1460. The van der Waals surface area contributed by atoms with Crippen molar-refractivity contribution in [2.45, 2.75) is 32.2 Å². The zero-order valence-corrected chi connectivity index (χ0v) is 21.4. The number of alkyl halides is 3. The van der Waals surface area contributed by atoms with Crippen LogP contribution < -0.4 is 9.47 Å². The lowest BCUT2D eigenvalue weighted by atomic mass is 10.00. The minimum Gasteiger partial charge on any atom is -0.741 e. The molecule has 1 heterocycles. The standard InChI is InChI=1S/C26H27N2O.CHF3O3S/c1-4-5-18-28(20-16-14-19(2)15-17-20)26(29)25-21-10-6-8-12-23(21)27(3)24-13-9-7-11-22(24)25;2-1(3,4)8(5,6)7/h6-17H,4-5,18H2,1-3H3;(H,5,6,7)/q+1;/p-1. The number of unbranched alkanes of at least 4 members (excludes halogenated alkanes) is 1. The fraction of sp³-hybridized carbons (Fsp3) is 0.259. The van der Waals surface area contributed by atoms with E-state index < -0.39 is 15.6 Å². The van der Waals surface area contributed by atoms with Crippen molar-refractivity contribution in [3.05, 3.63) is 83.9 Å². The predicted molar refractivity (Wildman–Crippen MR) is 136 cm³/mol. The highest BCUT2D eigenvalue weighted by atomic mass is 32.2. The molecule has 196 valence electrons. The number of aromatic nitrogens is 1. The second-order valence-electron chi connectivity index (χ2n) is 8.51. The minimum atomic E-state index is -6.09. The molecule has 0 saturated heterocycles. The average molecular weight is 533 g/mol. The van der Waals surface area contributed by atoms with Crippen molar-refractivity contribution in [3.63, 3.8) is 0 Å². The Balaban J connectivity index is 0.000000414. The summed E-state index contributed by atoms with van der Waals surface area (Å²) in [4.78, 5) is 15.9. The van der Waals surface area contributed by atoms with Gasteiger partial charge in [-0.1, -0.05) is 55.3 Å². The van der Waals surface area contributed by atoms with Gasteiger partial charge >= 0.3 is 5.51 Å². The first-order valence-electron chi connectivity index (χ1n) is 11.6. The maximum atomic E-state index is 14.0. The molecule has 0 N–H and O–H groups in total. The molecule has 1 aromatic heterocycles. The molecule has 0 aliphatic heterocycles. The second-order valence-corrected chi connectivity index (χ2v) is 9.89. The zero-order chi connectivity index (χ0) is 27.4. The first-order chi connectivity index (χ1) is 17.4. The third-order valence-electron chi connectivity index (χ3n) is 5.89. The van der Waals surface area contributed by atoms with E-state index in [0.717, 1.165) is 45.9 Å². The van der Waals surface area contributed by atoms with Crippen LogP contribution in [0, 0.1) is 6.92 Å². The van der Waals surface area contributed by atoms with Crippen molar-refractivity contribution in [1.82, 2.24) is 0 Å². The Morgan fingerprint density at radius 3 is 1.81 bits per heavy atom. The van der Waals surface area contributed by atoms with Crippen LogP contribution in [0.25, 0.3) is 21.8 Å². The highest BCUT2D eigenvalue weighted by molar-refractivity contribution is 7.86. The molecule has 0 aliphatic rings. The number of halogens is 3. The third-order valence-corrected chi connectivity index (χ3v) is 6.46. The van der Waals surface area contributed by atoms with Crippen LogP contribution in [0.1, 0.15) is 35.7 Å². The third kappa shape index (κ3) is 6.26. The van der Waals surface area contributed by atoms with Gasteiger partial charge in [0, 0.05) is 24.4 Å². The second kappa shape index (κ2) is 11.3. The number of amides is 1. The molecular formula is C27H27F3N2O4S. The first kappa shape index (κ1) is 28.1. The van der Waals surface area contributed by atoms with E-state index in [2.05, 4.69) is 74.0 Å². The van der Waals surface area contributed by atoms with E-state index in [1.165, 1.54) is 5.56 Å². The highest BCUT2D eigenvalue weighted by Gasteiger charge is 2.37. The molecule has 0 atom stereocenters. The monoisotopic (exact) mass is 532 g/mol. The van der Waals surface area contributed by atoms with Crippen LogP contribution in [0.4, 0.5) is 18.9 Å². The summed E-state index contributed by atoms with van der Waals surface area (Å²) in [5, 5.41) is 1.99. The topological polar surface area (TPSA) is 81.4 Å². The van der Waals surface area contributed by atoms with Gasteiger partial charge in [-0.25, -0.2) is 8.42 Å². The lowest BCUT2D eigenvalue weighted by Crippen LogP contribution is -2.35. The van der Waals surface area contributed by atoms with E-state index in [1.807, 2.05) is 29.2 Å². The number of anilines is 1. The van der Waals surface area contributed by atoms with Gasteiger partial charge in [-0.15, -0.1) is 0 Å². The smallest absolute Gasteiger partial charge is 0.485 e. The van der Waals surface area contributed by atoms with Crippen LogP contribution in [-0.2, 0) is 17.2 Å². The maximum absolute atomic E-state index is 14.0. The molecule has 3 aromatic carbocycles. The van der Waals surface area contributed by atoms with Crippen LogP contribution in [0.5, 0.6) is 0 Å². The number of aryl methyl sites for hydroxylation is 2. The Morgan fingerprint density at radius 1 is 0.919 bits per heavy atom. The van der Waals surface area contributed by atoms with Crippen molar-refractivity contribution in [3.8, 4) is 0 Å². The summed E-state index contributed by atoms with van der Waals surface area (Å²) in [5.74, 6) is 0.0651. The molecule has 0 saturated carbocycles. The predicted octanol–water partition coefficient (Wildman–Crippen LogP) is 5.62. The zero-order valence-electron chi connectivity index (χ0n) is 20.6. The number of fused-ring (bicyclic) bond motifs is 2. The first-order valence-corrected chi connectivity index (χ1v) is 13.0. The van der Waals surface area contributed by atoms with Gasteiger partial charge in [0.2, 0.25) is 11.0 Å². The minimum absolute atomic E-state index is 0.0651. The van der Waals surface area contributed by atoms with Gasteiger partial charge < -0.3 is 9.45 Å². The van der Waals surface area contributed by atoms with Gasteiger partial charge in [0.1, 0.15) is 7.05 Å². The van der Waals surface area contributed by atoms with Crippen LogP contribution in [-0.4, -0.2) is 30.9 Å². The number of rotatable bonds is 5. The van der Waals surface area contributed by atoms with Gasteiger partial charge in [-0.2, -0.15) is 17.7 Å². The summed E-state index contributed by atoms with van der Waals surface area (Å²) in [6.07, 6.45) is 2.01. The van der Waals surface area contributed by atoms with Crippen LogP contribution in [0.3, 0.4) is 0 Å². The SMILES string of the molecule is CCCCN(C(=O)c1c2ccccc2[n+](C)c2ccccc12)c1ccc(C)cc1.O=S(=O)([O-])C(F)(F)F. The number of benzene rings is 3. The van der Waals surface area contributed by atoms with Crippen molar-refractivity contribution >= 4 is 43.5 Å². The fourth-order valence-electron chi connectivity index (χ4n) is 3.98. The molecule has 0 bridgehead atoms. The Labute approximate surface area is 213 Å². The molecule has 37 heavy (non-hydrogen) atoms. The highest BCUT2D eigenvalue weighted by Crippen LogP contribution is 2.28. The van der Waals surface area contributed by atoms with Crippen LogP contribution in [0.15, 0.2) is 72.8 Å². The summed E-state index contributed by atoms with van der Waals surface area (Å²) < 4.78 is 61.1. The van der Waals surface area contributed by atoms with Crippen LogP contribution in [0.2, 0.25) is 0 Å². The normalized spacial score (nSPS) is 11.8. The molecule has 6 nitrogen and oxygen atoms in total. The molecule has 10 heteroatoms. The number of pyridine rings is 1. The largest absolute Gasteiger partial charge is 0.741 e. The van der Waals surface area contributed by atoms with Crippen molar-refractivity contribution in [1.29, 1.82) is 0 Å². The van der Waals surface area contributed by atoms with E-state index in [1.54, 1.807) is 0 Å². The van der Waals surface area contributed by atoms with Crippen LogP contribution >= 0.6 is 0 Å². The number of carbonyl (C=O) groups excluding carboxylic acids is 1. The van der Waals surface area contributed by atoms with E-state index >= 15 is 0 Å². The molecule has 0 aliphatic carbocycles. The molecule has 0 spiro atoms. The maximum Gasteiger partial charge on any atom is 0.485 e. The van der Waals surface area contributed by atoms with E-state index in [0.29, 0.717) is 6.54 Å². The summed E-state index contributed by atoms with van der Waals surface area (Å²) >= 11 is 0. The summed E-state index contributed by atoms with van der Waals surface area (Å²) in [6.45, 7) is 4.94. The molecule has 0 unspecified atom stereocenters. The van der Waals surface area contributed by atoms with Gasteiger partial charge in [0.25, 0.3) is 5.91 Å². The van der Waals surface area contributed by atoms with Gasteiger partial charge in [0.15, 0.2) is 10.1 Å². The van der Waals surface area contributed by atoms with Crippen molar-refractivity contribution < 1.29 is 35.5 Å². The number of carbonyl (C=O) groups is 1. The number of para-hydroxylation sites is 2. The summed E-state index contributed by atoms with van der Waals surface area (Å²) in [5.41, 5.74) is -0.587. The lowest BCUT2D eigenvalue weighted by molar-refractivity contribution is -0.617. The number of hydrogen-bond donors (Lipinski definition) is 0. The quantitative estimate of drug-likeness (QED) is 0.145. The Morgan fingerprint density at radius 2 is 1.38 bits per heavy atom. The number of hydrogen-bond acceptors (Lipinski definition) is 4.